The Hall–Kier alpha value is -2.34. The Morgan fingerprint density at radius 3 is 2.60 bits per heavy atom. The van der Waals surface area contributed by atoms with Gasteiger partial charge in [0.1, 0.15) is 0 Å². The standard InChI is InChI=1S/C24H28N2O3S/c1-16-14-19-15-20(12-13-23(19)26(16)24(27)18-8-4-9-18)30(28,29)25-22-11-5-7-17-6-2-3-10-21(17)22/h5,7,11-13,15-16,18,25H,2-4,6,8-10,14H2,1H3/t16-/m1/s1. The van der Waals surface area contributed by atoms with Crippen LogP contribution in [0.4, 0.5) is 11.4 Å². The van der Waals surface area contributed by atoms with E-state index in [1.54, 1.807) is 12.1 Å². The zero-order valence-electron chi connectivity index (χ0n) is 17.4. The Kier molecular flexibility index (Phi) is 4.85. The van der Waals surface area contributed by atoms with Gasteiger partial charge in [-0.15, -0.1) is 0 Å². The molecule has 1 heterocycles. The minimum absolute atomic E-state index is 0.0696. The van der Waals surface area contributed by atoms with Crippen molar-refractivity contribution in [2.75, 3.05) is 9.62 Å². The van der Waals surface area contributed by atoms with Crippen molar-refractivity contribution in [3.8, 4) is 0 Å². The van der Waals surface area contributed by atoms with E-state index in [0.717, 1.165) is 61.8 Å². The fourth-order valence-electron chi connectivity index (χ4n) is 5.04. The summed E-state index contributed by atoms with van der Waals surface area (Å²) in [5.41, 5.74) is 4.88. The lowest BCUT2D eigenvalue weighted by atomic mass is 9.84. The number of fused-ring (bicyclic) bond motifs is 2. The van der Waals surface area contributed by atoms with E-state index in [-0.39, 0.29) is 22.8 Å². The van der Waals surface area contributed by atoms with Gasteiger partial charge in [-0.05, 0) is 92.8 Å². The molecule has 0 aromatic heterocycles. The molecule has 1 saturated carbocycles. The van der Waals surface area contributed by atoms with E-state index in [1.807, 2.05) is 30.0 Å². The first-order valence-electron chi connectivity index (χ1n) is 11.0. The minimum Gasteiger partial charge on any atom is -0.309 e. The maximum absolute atomic E-state index is 13.2. The van der Waals surface area contributed by atoms with Gasteiger partial charge in [-0.2, -0.15) is 0 Å². The van der Waals surface area contributed by atoms with Crippen LogP contribution in [0.5, 0.6) is 0 Å². The second kappa shape index (κ2) is 7.41. The average Bonchev–Trinajstić information content (AvgIpc) is 3.01. The molecule has 1 N–H and O–H groups in total. The number of carbonyl (C=O) groups excluding carboxylic acids is 1. The largest absolute Gasteiger partial charge is 0.309 e. The van der Waals surface area contributed by atoms with Gasteiger partial charge in [0, 0.05) is 17.6 Å². The lowest BCUT2D eigenvalue weighted by Crippen LogP contribution is -2.42. The molecule has 2 aromatic rings. The van der Waals surface area contributed by atoms with Gasteiger partial charge in [-0.25, -0.2) is 8.42 Å². The molecular weight excluding hydrogens is 396 g/mol. The fourth-order valence-corrected chi connectivity index (χ4v) is 6.19. The van der Waals surface area contributed by atoms with Crippen molar-refractivity contribution in [3.05, 3.63) is 53.1 Å². The highest BCUT2D eigenvalue weighted by atomic mass is 32.2. The van der Waals surface area contributed by atoms with Gasteiger partial charge in [0.2, 0.25) is 5.91 Å². The number of benzene rings is 2. The lowest BCUT2D eigenvalue weighted by molar-refractivity contribution is -0.125. The van der Waals surface area contributed by atoms with E-state index >= 15 is 0 Å². The molecule has 5 rings (SSSR count). The molecule has 0 radical (unpaired) electrons. The summed E-state index contributed by atoms with van der Waals surface area (Å²) in [5, 5.41) is 0. The number of aryl methyl sites for hydroxylation is 1. The van der Waals surface area contributed by atoms with E-state index in [1.165, 1.54) is 5.56 Å². The Morgan fingerprint density at radius 2 is 1.83 bits per heavy atom. The number of sulfonamides is 1. The van der Waals surface area contributed by atoms with Crippen LogP contribution in [-0.2, 0) is 34.1 Å². The van der Waals surface area contributed by atoms with Crippen LogP contribution < -0.4 is 9.62 Å². The first-order chi connectivity index (χ1) is 14.4. The highest BCUT2D eigenvalue weighted by Gasteiger charge is 2.37. The molecule has 1 fully saturated rings. The molecule has 0 spiro atoms. The molecule has 158 valence electrons. The van der Waals surface area contributed by atoms with Gasteiger partial charge in [-0.3, -0.25) is 9.52 Å². The number of rotatable bonds is 4. The van der Waals surface area contributed by atoms with Crippen LogP contribution in [0.3, 0.4) is 0 Å². The second-order valence-electron chi connectivity index (χ2n) is 8.94. The maximum atomic E-state index is 13.2. The number of hydrogen-bond acceptors (Lipinski definition) is 3. The third-order valence-electron chi connectivity index (χ3n) is 6.91. The summed E-state index contributed by atoms with van der Waals surface area (Å²) >= 11 is 0. The van der Waals surface area contributed by atoms with Crippen LogP contribution in [0.25, 0.3) is 0 Å². The highest BCUT2D eigenvalue weighted by Crippen LogP contribution is 2.38. The zero-order valence-corrected chi connectivity index (χ0v) is 18.2. The molecule has 1 aliphatic heterocycles. The predicted molar refractivity (Wildman–Crippen MR) is 118 cm³/mol. The van der Waals surface area contributed by atoms with Crippen molar-refractivity contribution in [2.24, 2.45) is 5.92 Å². The van der Waals surface area contributed by atoms with Crippen molar-refractivity contribution in [3.63, 3.8) is 0 Å². The van der Waals surface area contributed by atoms with Crippen molar-refractivity contribution < 1.29 is 13.2 Å². The second-order valence-corrected chi connectivity index (χ2v) is 10.6. The van der Waals surface area contributed by atoms with E-state index in [9.17, 15) is 13.2 Å². The van der Waals surface area contributed by atoms with Crippen LogP contribution in [0.2, 0.25) is 0 Å². The van der Waals surface area contributed by atoms with E-state index < -0.39 is 10.0 Å². The summed E-state index contributed by atoms with van der Waals surface area (Å²) in [5.74, 6) is 0.324. The van der Waals surface area contributed by atoms with E-state index in [0.29, 0.717) is 12.1 Å². The first kappa shape index (κ1) is 19.6. The van der Waals surface area contributed by atoms with Crippen LogP contribution in [0.15, 0.2) is 41.3 Å². The van der Waals surface area contributed by atoms with Crippen molar-refractivity contribution in [1.29, 1.82) is 0 Å². The monoisotopic (exact) mass is 424 g/mol. The summed E-state index contributed by atoms with van der Waals surface area (Å²) in [4.78, 5) is 15.0. The van der Waals surface area contributed by atoms with Gasteiger partial charge in [-0.1, -0.05) is 18.6 Å². The van der Waals surface area contributed by atoms with Crippen LogP contribution in [0, 0.1) is 5.92 Å². The highest BCUT2D eigenvalue weighted by molar-refractivity contribution is 7.92. The molecule has 0 bridgehead atoms. The minimum atomic E-state index is -3.69. The Balaban J connectivity index is 1.43. The van der Waals surface area contributed by atoms with E-state index in [4.69, 9.17) is 0 Å². The van der Waals surface area contributed by atoms with Gasteiger partial charge in [0.05, 0.1) is 10.6 Å². The third kappa shape index (κ3) is 3.31. The number of carbonyl (C=O) groups is 1. The normalized spacial score (nSPS) is 21.0. The number of nitrogens with zero attached hydrogens (tertiary/aromatic N) is 1. The molecular formula is C24H28N2O3S. The van der Waals surface area contributed by atoms with Crippen molar-refractivity contribution in [2.45, 2.75) is 69.2 Å². The molecule has 5 nitrogen and oxygen atoms in total. The smallest absolute Gasteiger partial charge is 0.261 e. The summed E-state index contributed by atoms with van der Waals surface area (Å²) in [7, 11) is -3.69. The van der Waals surface area contributed by atoms with Crippen LogP contribution in [0.1, 0.15) is 55.7 Å². The Morgan fingerprint density at radius 1 is 1.03 bits per heavy atom. The molecule has 6 heteroatoms. The summed E-state index contributed by atoms with van der Waals surface area (Å²) in [6.45, 7) is 2.04. The zero-order chi connectivity index (χ0) is 20.9. The molecule has 1 atom stereocenters. The molecule has 3 aliphatic rings. The average molecular weight is 425 g/mol. The van der Waals surface area contributed by atoms with Crippen molar-refractivity contribution in [1.82, 2.24) is 0 Å². The molecule has 30 heavy (non-hydrogen) atoms. The Labute approximate surface area is 178 Å². The Bertz CT molecular complexity index is 1110. The SMILES string of the molecule is C[C@@H]1Cc2cc(S(=O)(=O)Nc3cccc4c3CCCC4)ccc2N1C(=O)C1CCC1. The molecule has 0 unspecified atom stereocenters. The molecule has 2 aliphatic carbocycles. The van der Waals surface area contributed by atoms with E-state index in [2.05, 4.69) is 10.8 Å². The number of amides is 1. The van der Waals surface area contributed by atoms with Gasteiger partial charge in [0.25, 0.3) is 10.0 Å². The number of nitrogens with one attached hydrogen (secondary N) is 1. The first-order valence-corrected chi connectivity index (χ1v) is 12.5. The van der Waals surface area contributed by atoms with Gasteiger partial charge in [0.15, 0.2) is 0 Å². The van der Waals surface area contributed by atoms with Crippen molar-refractivity contribution >= 4 is 27.3 Å². The molecule has 1 amide bonds. The molecule has 2 aromatic carbocycles. The fraction of sp³-hybridized carbons (Fsp3) is 0.458. The van der Waals surface area contributed by atoms with Gasteiger partial charge >= 0.3 is 0 Å². The summed E-state index contributed by atoms with van der Waals surface area (Å²) in [6, 6.07) is 11.1. The summed E-state index contributed by atoms with van der Waals surface area (Å²) in [6.07, 6.45) is 7.91. The maximum Gasteiger partial charge on any atom is 0.261 e. The predicted octanol–water partition coefficient (Wildman–Crippen LogP) is 4.44. The lowest BCUT2D eigenvalue weighted by Gasteiger charge is -2.32. The van der Waals surface area contributed by atoms with Crippen LogP contribution in [-0.4, -0.2) is 20.4 Å². The number of anilines is 2. The van der Waals surface area contributed by atoms with Gasteiger partial charge < -0.3 is 4.90 Å². The third-order valence-corrected chi connectivity index (χ3v) is 8.27. The van der Waals surface area contributed by atoms with Crippen LogP contribution >= 0.6 is 0 Å². The topological polar surface area (TPSA) is 66.5 Å². The number of hydrogen-bond donors (Lipinski definition) is 1. The summed E-state index contributed by atoms with van der Waals surface area (Å²) < 4.78 is 29.1. The molecule has 0 saturated heterocycles. The quantitative estimate of drug-likeness (QED) is 0.789.